The second kappa shape index (κ2) is 3.99. The van der Waals surface area contributed by atoms with Gasteiger partial charge in [-0.15, -0.1) is 0 Å². The average molecular weight is 256 g/mol. The monoisotopic (exact) mass is 256 g/mol. The topological polar surface area (TPSA) is 0 Å². The van der Waals surface area contributed by atoms with Gasteiger partial charge in [0.05, 0.1) is 0 Å². The molecule has 0 amide bonds. The Morgan fingerprint density at radius 2 is 1.89 bits per heavy atom. The van der Waals surface area contributed by atoms with Crippen molar-refractivity contribution in [1.29, 1.82) is 0 Å². The zero-order valence-corrected chi connectivity index (χ0v) is 12.7. The van der Waals surface area contributed by atoms with Crippen molar-refractivity contribution in [3.8, 4) is 0 Å². The van der Waals surface area contributed by atoms with Crippen LogP contribution in [0, 0.1) is 16.7 Å². The highest BCUT2D eigenvalue weighted by Gasteiger charge is 2.48. The fourth-order valence-electron chi connectivity index (χ4n) is 5.88. The van der Waals surface area contributed by atoms with Crippen LogP contribution >= 0.6 is 0 Å². The van der Waals surface area contributed by atoms with Gasteiger partial charge in [-0.3, -0.25) is 0 Å². The summed E-state index contributed by atoms with van der Waals surface area (Å²) in [7, 11) is 0. The molecule has 0 N–H and O–H groups in total. The largest absolute Gasteiger partial charge is 0.0805 e. The van der Waals surface area contributed by atoms with E-state index in [-0.39, 0.29) is 0 Å². The Morgan fingerprint density at radius 3 is 2.79 bits per heavy atom. The van der Waals surface area contributed by atoms with E-state index in [1.54, 1.807) is 5.57 Å². The smallest absolute Gasteiger partial charge is 0.00697 e. The number of fused-ring (bicyclic) bond motifs is 4. The molecular formula is C19H28. The molecule has 19 heavy (non-hydrogen) atoms. The van der Waals surface area contributed by atoms with E-state index < -0.39 is 0 Å². The second-order valence-corrected chi connectivity index (χ2v) is 8.07. The number of allylic oxidation sites excluding steroid dienone is 4. The highest BCUT2D eigenvalue weighted by molar-refractivity contribution is 5.48. The summed E-state index contributed by atoms with van der Waals surface area (Å²) in [4.78, 5) is 0. The van der Waals surface area contributed by atoms with Crippen LogP contribution in [0.2, 0.25) is 0 Å². The molecule has 1 unspecified atom stereocenters. The quantitative estimate of drug-likeness (QED) is 0.514. The molecule has 0 heterocycles. The normalized spacial score (nSPS) is 45.4. The molecule has 1 fully saturated rings. The van der Waals surface area contributed by atoms with Crippen molar-refractivity contribution in [3.05, 3.63) is 22.8 Å². The van der Waals surface area contributed by atoms with Crippen molar-refractivity contribution in [2.24, 2.45) is 16.7 Å². The van der Waals surface area contributed by atoms with Gasteiger partial charge >= 0.3 is 0 Å². The molecule has 0 spiro atoms. The lowest BCUT2D eigenvalue weighted by atomic mass is 9.53. The Kier molecular flexibility index (Phi) is 2.57. The standard InChI is InChI=1S/C19H28/c1-18-11-5-7-16(18)15-9-8-14-6-3-4-12-19(14,2)17(15)10-13-18/h7,14H,3-6,8-13H2,1-2H3/t14?,18-,19-/m0/s1. The van der Waals surface area contributed by atoms with E-state index in [4.69, 9.17) is 0 Å². The van der Waals surface area contributed by atoms with Crippen LogP contribution in [0.15, 0.2) is 22.8 Å². The van der Waals surface area contributed by atoms with Crippen molar-refractivity contribution < 1.29 is 0 Å². The lowest BCUT2D eigenvalue weighted by Gasteiger charge is -2.52. The molecule has 0 heteroatoms. The van der Waals surface area contributed by atoms with Gasteiger partial charge in [0.2, 0.25) is 0 Å². The minimum absolute atomic E-state index is 0.552. The molecule has 3 atom stereocenters. The lowest BCUT2D eigenvalue weighted by Crippen LogP contribution is -2.39. The summed E-state index contributed by atoms with van der Waals surface area (Å²) in [5.74, 6) is 1.01. The molecule has 0 aromatic rings. The molecule has 0 nitrogen and oxygen atoms in total. The van der Waals surface area contributed by atoms with Gasteiger partial charge in [-0.1, -0.05) is 38.3 Å². The summed E-state index contributed by atoms with van der Waals surface area (Å²) < 4.78 is 0. The fourth-order valence-corrected chi connectivity index (χ4v) is 5.88. The van der Waals surface area contributed by atoms with E-state index in [0.717, 1.165) is 5.92 Å². The first-order valence-corrected chi connectivity index (χ1v) is 8.57. The molecule has 0 aliphatic heterocycles. The van der Waals surface area contributed by atoms with E-state index in [1.807, 2.05) is 11.1 Å². The predicted octanol–water partition coefficient (Wildman–Crippen LogP) is 5.79. The van der Waals surface area contributed by atoms with Gasteiger partial charge in [0.1, 0.15) is 0 Å². The van der Waals surface area contributed by atoms with Crippen LogP contribution in [0.4, 0.5) is 0 Å². The van der Waals surface area contributed by atoms with E-state index in [1.165, 1.54) is 64.2 Å². The summed E-state index contributed by atoms with van der Waals surface area (Å²) in [6.07, 6.45) is 17.0. The SMILES string of the molecule is C[C@@]12CCC=C1C1=C(CC2)[C@@]2(C)CCCCC2CC1. The maximum absolute atomic E-state index is 2.61. The maximum Gasteiger partial charge on any atom is -0.00697 e. The molecule has 104 valence electrons. The van der Waals surface area contributed by atoms with Crippen LogP contribution in [-0.2, 0) is 0 Å². The van der Waals surface area contributed by atoms with E-state index >= 15 is 0 Å². The molecule has 0 aromatic heterocycles. The van der Waals surface area contributed by atoms with Gasteiger partial charge in [-0.25, -0.2) is 0 Å². The van der Waals surface area contributed by atoms with Gasteiger partial charge in [0.15, 0.2) is 0 Å². The van der Waals surface area contributed by atoms with E-state index in [2.05, 4.69) is 19.9 Å². The lowest BCUT2D eigenvalue weighted by molar-refractivity contribution is 0.122. The minimum atomic E-state index is 0.552. The summed E-state index contributed by atoms with van der Waals surface area (Å²) in [6, 6.07) is 0. The molecule has 0 saturated heterocycles. The predicted molar refractivity (Wildman–Crippen MR) is 81.0 cm³/mol. The Hall–Kier alpha value is -0.520. The van der Waals surface area contributed by atoms with E-state index in [9.17, 15) is 0 Å². The summed E-state index contributed by atoms with van der Waals surface area (Å²) in [5.41, 5.74) is 6.67. The number of hydrogen-bond donors (Lipinski definition) is 0. The van der Waals surface area contributed by atoms with Crippen LogP contribution in [0.25, 0.3) is 0 Å². The molecule has 4 rings (SSSR count). The Morgan fingerprint density at radius 1 is 1.00 bits per heavy atom. The van der Waals surface area contributed by atoms with Gasteiger partial charge < -0.3 is 0 Å². The van der Waals surface area contributed by atoms with Crippen molar-refractivity contribution in [2.45, 2.75) is 78.1 Å². The van der Waals surface area contributed by atoms with Crippen LogP contribution in [0.3, 0.4) is 0 Å². The Labute approximate surface area is 118 Å². The molecule has 0 aromatic carbocycles. The van der Waals surface area contributed by atoms with Crippen molar-refractivity contribution >= 4 is 0 Å². The van der Waals surface area contributed by atoms with Gasteiger partial charge in [-0.2, -0.15) is 0 Å². The number of hydrogen-bond acceptors (Lipinski definition) is 0. The summed E-state index contributed by atoms with van der Waals surface area (Å²) in [5, 5.41) is 0. The summed E-state index contributed by atoms with van der Waals surface area (Å²) >= 11 is 0. The van der Waals surface area contributed by atoms with Crippen molar-refractivity contribution in [1.82, 2.24) is 0 Å². The van der Waals surface area contributed by atoms with Crippen LogP contribution in [0.1, 0.15) is 78.1 Å². The molecule has 0 bridgehead atoms. The molecular weight excluding hydrogens is 228 g/mol. The second-order valence-electron chi connectivity index (χ2n) is 8.07. The first-order valence-electron chi connectivity index (χ1n) is 8.57. The van der Waals surface area contributed by atoms with Crippen LogP contribution in [-0.4, -0.2) is 0 Å². The third-order valence-electron chi connectivity index (χ3n) is 7.14. The third kappa shape index (κ3) is 1.58. The molecule has 4 aliphatic carbocycles. The first kappa shape index (κ1) is 12.2. The Balaban J connectivity index is 1.81. The fraction of sp³-hybridized carbons (Fsp3) is 0.789. The zero-order valence-electron chi connectivity index (χ0n) is 12.7. The van der Waals surface area contributed by atoms with Crippen LogP contribution in [0.5, 0.6) is 0 Å². The maximum atomic E-state index is 2.61. The first-order chi connectivity index (χ1) is 9.13. The van der Waals surface area contributed by atoms with Crippen molar-refractivity contribution in [3.63, 3.8) is 0 Å². The third-order valence-corrected chi connectivity index (χ3v) is 7.14. The molecule has 1 saturated carbocycles. The van der Waals surface area contributed by atoms with Crippen LogP contribution < -0.4 is 0 Å². The number of rotatable bonds is 0. The average Bonchev–Trinajstić information content (AvgIpc) is 2.79. The van der Waals surface area contributed by atoms with Gasteiger partial charge in [-0.05, 0) is 79.3 Å². The van der Waals surface area contributed by atoms with Gasteiger partial charge in [0, 0.05) is 0 Å². The van der Waals surface area contributed by atoms with E-state index in [0.29, 0.717) is 10.8 Å². The Bertz CT molecular complexity index is 466. The molecule has 4 aliphatic rings. The minimum Gasteiger partial charge on any atom is -0.0805 e. The highest BCUT2D eigenvalue weighted by atomic mass is 14.5. The molecule has 0 radical (unpaired) electrons. The highest BCUT2D eigenvalue weighted by Crippen LogP contribution is 2.61. The van der Waals surface area contributed by atoms with Crippen molar-refractivity contribution in [2.75, 3.05) is 0 Å². The zero-order chi connectivity index (χ0) is 13.1. The van der Waals surface area contributed by atoms with Gasteiger partial charge in [0.25, 0.3) is 0 Å². The summed E-state index contributed by atoms with van der Waals surface area (Å²) in [6.45, 7) is 5.15.